The van der Waals surface area contributed by atoms with Crippen molar-refractivity contribution in [1.29, 1.82) is 0 Å². The molecule has 0 aliphatic carbocycles. The number of hydrogen-bond acceptors (Lipinski definition) is 6. The lowest BCUT2D eigenvalue weighted by atomic mass is 10.2. The number of nitrogens with zero attached hydrogens (tertiary/aromatic N) is 3. The number of anilines is 2. The Kier molecular flexibility index (Phi) is 4.29. The highest BCUT2D eigenvalue weighted by molar-refractivity contribution is 7.80. The SMILES string of the molecule is Cc1cc(N2CCCCCC2)nc(N)[n+]1OS(=O)(=O)O. The fourth-order valence-electron chi connectivity index (χ4n) is 2.27. The molecular weight excluding hydrogens is 284 g/mol. The van der Waals surface area contributed by atoms with Gasteiger partial charge in [-0.25, -0.2) is 4.28 Å². The molecule has 0 atom stereocenters. The molecule has 0 aromatic carbocycles. The van der Waals surface area contributed by atoms with Crippen molar-refractivity contribution < 1.29 is 22.0 Å². The third-order valence-corrected chi connectivity index (χ3v) is 3.53. The summed E-state index contributed by atoms with van der Waals surface area (Å²) in [6, 6.07) is 1.69. The van der Waals surface area contributed by atoms with Crippen molar-refractivity contribution in [2.24, 2.45) is 0 Å². The Morgan fingerprint density at radius 1 is 1.35 bits per heavy atom. The van der Waals surface area contributed by atoms with Crippen LogP contribution in [0.4, 0.5) is 11.8 Å². The summed E-state index contributed by atoms with van der Waals surface area (Å²) in [7, 11) is -4.64. The normalized spacial score (nSPS) is 16.8. The maximum Gasteiger partial charge on any atom is 0.476 e. The lowest BCUT2D eigenvalue weighted by Crippen LogP contribution is -2.51. The number of hydrogen-bond donors (Lipinski definition) is 2. The molecule has 0 radical (unpaired) electrons. The average Bonchev–Trinajstić information content (AvgIpc) is 2.61. The minimum absolute atomic E-state index is 0.123. The first-order valence-electron chi connectivity index (χ1n) is 6.48. The van der Waals surface area contributed by atoms with Crippen LogP contribution in [0.5, 0.6) is 0 Å². The van der Waals surface area contributed by atoms with Gasteiger partial charge in [-0.2, -0.15) is 8.42 Å². The lowest BCUT2D eigenvalue weighted by molar-refractivity contribution is -0.851. The average molecular weight is 303 g/mol. The molecule has 112 valence electrons. The topological polar surface area (TPSA) is 110 Å². The molecule has 0 saturated carbocycles. The minimum atomic E-state index is -4.64. The van der Waals surface area contributed by atoms with Crippen molar-refractivity contribution in [2.45, 2.75) is 32.6 Å². The molecule has 0 amide bonds. The van der Waals surface area contributed by atoms with Crippen LogP contribution in [0, 0.1) is 6.92 Å². The van der Waals surface area contributed by atoms with Crippen LogP contribution in [-0.2, 0) is 10.4 Å². The van der Waals surface area contributed by atoms with Crippen LogP contribution in [0.2, 0.25) is 0 Å². The summed E-state index contributed by atoms with van der Waals surface area (Å²) in [4.78, 5) is 6.27. The fraction of sp³-hybridized carbons (Fsp3) is 0.636. The molecule has 1 aromatic rings. The largest absolute Gasteiger partial charge is 0.476 e. The predicted molar refractivity (Wildman–Crippen MR) is 72.4 cm³/mol. The second-order valence-electron chi connectivity index (χ2n) is 4.81. The van der Waals surface area contributed by atoms with Crippen LogP contribution >= 0.6 is 0 Å². The van der Waals surface area contributed by atoms with Crippen molar-refractivity contribution in [3.8, 4) is 0 Å². The van der Waals surface area contributed by atoms with E-state index in [0.717, 1.165) is 30.7 Å². The van der Waals surface area contributed by atoms with Gasteiger partial charge in [0, 0.05) is 19.2 Å². The van der Waals surface area contributed by atoms with Gasteiger partial charge in [0.05, 0.1) is 0 Å². The van der Waals surface area contributed by atoms with Gasteiger partial charge in [0.2, 0.25) is 5.82 Å². The summed E-state index contributed by atoms with van der Waals surface area (Å²) in [5.41, 5.74) is 6.14. The summed E-state index contributed by atoms with van der Waals surface area (Å²) >= 11 is 0. The van der Waals surface area contributed by atoms with E-state index in [-0.39, 0.29) is 5.95 Å². The van der Waals surface area contributed by atoms with Gasteiger partial charge in [0.15, 0.2) is 0 Å². The Balaban J connectivity index is 2.29. The quantitative estimate of drug-likeness (QED) is 0.591. The Morgan fingerprint density at radius 3 is 2.45 bits per heavy atom. The fourth-order valence-corrected chi connectivity index (χ4v) is 2.66. The van der Waals surface area contributed by atoms with E-state index in [4.69, 9.17) is 10.3 Å². The molecule has 8 nitrogen and oxygen atoms in total. The molecule has 2 rings (SSSR count). The van der Waals surface area contributed by atoms with E-state index in [1.165, 1.54) is 12.8 Å². The second-order valence-corrected chi connectivity index (χ2v) is 5.82. The number of aromatic nitrogens is 2. The third-order valence-electron chi connectivity index (χ3n) is 3.19. The summed E-state index contributed by atoms with van der Waals surface area (Å²) in [6.07, 6.45) is 4.58. The summed E-state index contributed by atoms with van der Waals surface area (Å²) in [6.45, 7) is 3.43. The number of aryl methyl sites for hydroxylation is 1. The molecule has 1 aromatic heterocycles. The molecule has 3 N–H and O–H groups in total. The molecular formula is C11H19N4O4S+. The molecule has 1 aliphatic heterocycles. The zero-order chi connectivity index (χ0) is 14.8. The highest BCUT2D eigenvalue weighted by Gasteiger charge is 2.23. The maximum atomic E-state index is 10.8. The smallest absolute Gasteiger partial charge is 0.343 e. The molecule has 0 spiro atoms. The van der Waals surface area contributed by atoms with Crippen LogP contribution < -0.4 is 19.6 Å². The van der Waals surface area contributed by atoms with Crippen LogP contribution in [-0.4, -0.2) is 31.0 Å². The van der Waals surface area contributed by atoms with E-state index >= 15 is 0 Å². The highest BCUT2D eigenvalue weighted by Crippen LogP contribution is 2.18. The van der Waals surface area contributed by atoms with Crippen molar-refractivity contribution in [2.75, 3.05) is 23.7 Å². The van der Waals surface area contributed by atoms with Crippen LogP contribution in [0.15, 0.2) is 6.07 Å². The standard InChI is InChI=1S/C11H18N4O4S/c1-9-8-10(14-6-4-2-3-5-7-14)13-11(12)15(9)19-20(16,17)18/h8,12H,2-7H2,1H3,(H,16,17,18)/p+1. The van der Waals surface area contributed by atoms with Crippen molar-refractivity contribution in [3.63, 3.8) is 0 Å². The molecule has 0 unspecified atom stereocenters. The molecule has 9 heteroatoms. The van der Waals surface area contributed by atoms with E-state index in [2.05, 4.69) is 14.2 Å². The first-order valence-corrected chi connectivity index (χ1v) is 7.85. The summed E-state index contributed by atoms with van der Waals surface area (Å²) in [5, 5.41) is 0. The monoisotopic (exact) mass is 303 g/mol. The van der Waals surface area contributed by atoms with Crippen LogP contribution in [0.3, 0.4) is 0 Å². The van der Waals surface area contributed by atoms with Gasteiger partial charge in [-0.1, -0.05) is 17.8 Å². The van der Waals surface area contributed by atoms with Crippen LogP contribution in [0.25, 0.3) is 0 Å². The predicted octanol–water partition coefficient (Wildman–Crippen LogP) is -0.128. The first-order chi connectivity index (χ1) is 9.37. The van der Waals surface area contributed by atoms with E-state index in [1.807, 2.05) is 0 Å². The van der Waals surface area contributed by atoms with E-state index < -0.39 is 10.4 Å². The number of nitrogens with two attached hydrogens (primary N) is 1. The first kappa shape index (κ1) is 14.8. The molecule has 1 fully saturated rings. The van der Waals surface area contributed by atoms with Gasteiger partial charge in [-0.05, 0) is 24.5 Å². The summed E-state index contributed by atoms with van der Waals surface area (Å²) in [5.74, 6) is 0.568. The molecule has 1 aliphatic rings. The molecule has 1 saturated heterocycles. The van der Waals surface area contributed by atoms with Gasteiger partial charge >= 0.3 is 16.3 Å². The van der Waals surface area contributed by atoms with Gasteiger partial charge in [-0.15, -0.1) is 0 Å². The van der Waals surface area contributed by atoms with Gasteiger partial charge in [0.1, 0.15) is 5.69 Å². The third kappa shape index (κ3) is 3.70. The number of nitrogen functional groups attached to an aromatic ring is 1. The van der Waals surface area contributed by atoms with Gasteiger partial charge in [-0.3, -0.25) is 10.3 Å². The zero-order valence-corrected chi connectivity index (χ0v) is 12.1. The van der Waals surface area contributed by atoms with Gasteiger partial charge in [0.25, 0.3) is 0 Å². The Morgan fingerprint density at radius 2 is 1.95 bits per heavy atom. The minimum Gasteiger partial charge on any atom is -0.343 e. The number of rotatable bonds is 3. The molecule has 0 bridgehead atoms. The van der Waals surface area contributed by atoms with Crippen LogP contribution in [0.1, 0.15) is 31.4 Å². The van der Waals surface area contributed by atoms with E-state index in [1.54, 1.807) is 13.0 Å². The van der Waals surface area contributed by atoms with Crippen molar-refractivity contribution >= 4 is 22.2 Å². The molecule has 2 heterocycles. The lowest BCUT2D eigenvalue weighted by Gasteiger charge is -2.19. The Labute approximate surface area is 118 Å². The highest BCUT2D eigenvalue weighted by atomic mass is 32.3. The Bertz CT molecular complexity index is 559. The second kappa shape index (κ2) is 5.80. The maximum absolute atomic E-state index is 10.8. The van der Waals surface area contributed by atoms with Crippen molar-refractivity contribution in [1.82, 2.24) is 4.98 Å². The van der Waals surface area contributed by atoms with Crippen molar-refractivity contribution in [3.05, 3.63) is 11.8 Å². The van der Waals surface area contributed by atoms with E-state index in [9.17, 15) is 8.42 Å². The Hall–Kier alpha value is -1.61. The van der Waals surface area contributed by atoms with E-state index in [0.29, 0.717) is 11.5 Å². The zero-order valence-electron chi connectivity index (χ0n) is 11.3. The summed E-state index contributed by atoms with van der Waals surface area (Å²) < 4.78 is 35.4. The van der Waals surface area contributed by atoms with Gasteiger partial charge < -0.3 is 4.90 Å². The molecule has 20 heavy (non-hydrogen) atoms.